The highest BCUT2D eigenvalue weighted by Gasteiger charge is 2.05. The number of nitrogens with one attached hydrogen (secondary N) is 1. The number of fused-ring (bicyclic) bond motifs is 1. The van der Waals surface area contributed by atoms with E-state index in [-0.39, 0.29) is 0 Å². The van der Waals surface area contributed by atoms with E-state index < -0.39 is 0 Å². The highest BCUT2D eigenvalue weighted by atomic mass is 14.9. The highest BCUT2D eigenvalue weighted by molar-refractivity contribution is 5.79. The second kappa shape index (κ2) is 4.34. The van der Waals surface area contributed by atoms with Gasteiger partial charge in [0.1, 0.15) is 5.82 Å². The van der Waals surface area contributed by atoms with Gasteiger partial charge in [-0.1, -0.05) is 30.3 Å². The van der Waals surface area contributed by atoms with Crippen LogP contribution in [-0.4, -0.2) is 9.97 Å². The van der Waals surface area contributed by atoms with Gasteiger partial charge in [0.25, 0.3) is 0 Å². The minimum Gasteiger partial charge on any atom is -0.338 e. The standard InChI is InChI=1S/C15H11N3/c16-9-8-11-4-3-5-12(10-11)15-17-13-6-1-2-7-14(13)18-15/h1-7,10H,8H2,(H,17,18). The fraction of sp³-hybridized carbons (Fsp3) is 0.0667. The first-order chi connectivity index (χ1) is 8.86. The van der Waals surface area contributed by atoms with Gasteiger partial charge in [-0.25, -0.2) is 4.98 Å². The summed E-state index contributed by atoms with van der Waals surface area (Å²) in [7, 11) is 0. The summed E-state index contributed by atoms with van der Waals surface area (Å²) in [5.41, 5.74) is 4.01. The normalized spacial score (nSPS) is 10.4. The number of para-hydroxylation sites is 2. The molecule has 1 aromatic heterocycles. The zero-order valence-electron chi connectivity index (χ0n) is 9.72. The molecule has 3 heteroatoms. The van der Waals surface area contributed by atoms with E-state index in [0.717, 1.165) is 28.0 Å². The van der Waals surface area contributed by atoms with Crippen molar-refractivity contribution in [2.45, 2.75) is 6.42 Å². The van der Waals surface area contributed by atoms with E-state index in [0.29, 0.717) is 6.42 Å². The molecule has 3 nitrogen and oxygen atoms in total. The summed E-state index contributed by atoms with van der Waals surface area (Å²) in [6.07, 6.45) is 0.425. The largest absolute Gasteiger partial charge is 0.338 e. The summed E-state index contributed by atoms with van der Waals surface area (Å²) in [4.78, 5) is 7.83. The van der Waals surface area contributed by atoms with Gasteiger partial charge in [0.05, 0.1) is 23.5 Å². The number of benzene rings is 2. The zero-order valence-corrected chi connectivity index (χ0v) is 9.72. The van der Waals surface area contributed by atoms with E-state index in [4.69, 9.17) is 5.26 Å². The van der Waals surface area contributed by atoms with E-state index in [1.165, 1.54) is 0 Å². The third-order valence-electron chi connectivity index (χ3n) is 2.87. The van der Waals surface area contributed by atoms with Crippen LogP contribution in [0, 0.1) is 11.3 Å². The lowest BCUT2D eigenvalue weighted by Crippen LogP contribution is -1.85. The van der Waals surface area contributed by atoms with E-state index >= 15 is 0 Å². The molecule has 0 aliphatic heterocycles. The van der Waals surface area contributed by atoms with Gasteiger partial charge in [0, 0.05) is 5.56 Å². The van der Waals surface area contributed by atoms with Gasteiger partial charge in [0.2, 0.25) is 0 Å². The molecule has 0 amide bonds. The number of hydrogen-bond donors (Lipinski definition) is 1. The smallest absolute Gasteiger partial charge is 0.138 e. The van der Waals surface area contributed by atoms with Crippen molar-refractivity contribution in [1.29, 1.82) is 5.26 Å². The maximum Gasteiger partial charge on any atom is 0.138 e. The quantitative estimate of drug-likeness (QED) is 0.738. The molecule has 1 heterocycles. The predicted molar refractivity (Wildman–Crippen MR) is 70.8 cm³/mol. The molecule has 0 aliphatic carbocycles. The molecule has 0 spiro atoms. The molecule has 18 heavy (non-hydrogen) atoms. The van der Waals surface area contributed by atoms with Gasteiger partial charge < -0.3 is 4.98 Å². The number of aromatic amines is 1. The minimum absolute atomic E-state index is 0.425. The van der Waals surface area contributed by atoms with Crippen LogP contribution in [0.5, 0.6) is 0 Å². The summed E-state index contributed by atoms with van der Waals surface area (Å²) < 4.78 is 0. The number of aromatic nitrogens is 2. The molecule has 3 aromatic rings. The fourth-order valence-corrected chi connectivity index (χ4v) is 2.01. The van der Waals surface area contributed by atoms with Crippen molar-refractivity contribution in [1.82, 2.24) is 9.97 Å². The maximum atomic E-state index is 8.72. The predicted octanol–water partition coefficient (Wildman–Crippen LogP) is 3.30. The van der Waals surface area contributed by atoms with Gasteiger partial charge in [-0.05, 0) is 23.8 Å². The Morgan fingerprint density at radius 3 is 2.83 bits per heavy atom. The van der Waals surface area contributed by atoms with Crippen molar-refractivity contribution in [2.24, 2.45) is 0 Å². The number of imidazole rings is 1. The van der Waals surface area contributed by atoms with Crippen molar-refractivity contribution in [3.63, 3.8) is 0 Å². The summed E-state index contributed by atoms with van der Waals surface area (Å²) in [5.74, 6) is 0.844. The average Bonchev–Trinajstić information content (AvgIpc) is 2.83. The van der Waals surface area contributed by atoms with Crippen LogP contribution in [0.2, 0.25) is 0 Å². The van der Waals surface area contributed by atoms with Gasteiger partial charge in [-0.2, -0.15) is 5.26 Å². The SMILES string of the molecule is N#CCc1cccc(-c2nc3ccccc3[nH]2)c1. The van der Waals surface area contributed by atoms with Crippen LogP contribution < -0.4 is 0 Å². The first-order valence-corrected chi connectivity index (χ1v) is 5.78. The lowest BCUT2D eigenvalue weighted by molar-refractivity contribution is 1.25. The van der Waals surface area contributed by atoms with Crippen molar-refractivity contribution in [3.8, 4) is 17.5 Å². The number of nitrogens with zero attached hydrogens (tertiary/aromatic N) is 2. The second-order valence-electron chi connectivity index (χ2n) is 4.14. The van der Waals surface area contributed by atoms with Gasteiger partial charge in [-0.15, -0.1) is 0 Å². The maximum absolute atomic E-state index is 8.72. The molecule has 2 aromatic carbocycles. The van der Waals surface area contributed by atoms with Crippen LogP contribution >= 0.6 is 0 Å². The molecule has 0 radical (unpaired) electrons. The van der Waals surface area contributed by atoms with E-state index in [1.54, 1.807) is 0 Å². The molecule has 0 atom stereocenters. The third kappa shape index (κ3) is 1.85. The lowest BCUT2D eigenvalue weighted by atomic mass is 10.1. The molecule has 0 unspecified atom stereocenters. The van der Waals surface area contributed by atoms with E-state index in [1.807, 2.05) is 48.5 Å². The Bertz CT molecular complexity index is 702. The van der Waals surface area contributed by atoms with Crippen LogP contribution in [0.15, 0.2) is 48.5 Å². The highest BCUT2D eigenvalue weighted by Crippen LogP contribution is 2.21. The number of H-pyrrole nitrogens is 1. The Morgan fingerprint density at radius 1 is 1.11 bits per heavy atom. The van der Waals surface area contributed by atoms with Crippen LogP contribution in [0.1, 0.15) is 5.56 Å². The molecule has 0 saturated heterocycles. The van der Waals surface area contributed by atoms with Gasteiger partial charge in [0.15, 0.2) is 0 Å². The Balaban J connectivity index is 2.08. The topological polar surface area (TPSA) is 52.5 Å². The second-order valence-corrected chi connectivity index (χ2v) is 4.14. The van der Waals surface area contributed by atoms with Crippen molar-refractivity contribution >= 4 is 11.0 Å². The van der Waals surface area contributed by atoms with Crippen molar-refractivity contribution in [2.75, 3.05) is 0 Å². The van der Waals surface area contributed by atoms with Gasteiger partial charge in [-0.3, -0.25) is 0 Å². The molecular weight excluding hydrogens is 222 g/mol. The van der Waals surface area contributed by atoms with Crippen molar-refractivity contribution in [3.05, 3.63) is 54.1 Å². The Labute approximate surface area is 105 Å². The summed E-state index contributed by atoms with van der Waals surface area (Å²) in [5, 5.41) is 8.72. The Morgan fingerprint density at radius 2 is 2.00 bits per heavy atom. The lowest BCUT2D eigenvalue weighted by Gasteiger charge is -1.99. The monoisotopic (exact) mass is 233 g/mol. The Kier molecular flexibility index (Phi) is 2.54. The number of rotatable bonds is 2. The van der Waals surface area contributed by atoms with E-state index in [2.05, 4.69) is 16.0 Å². The molecular formula is C15H11N3. The number of hydrogen-bond acceptors (Lipinski definition) is 2. The van der Waals surface area contributed by atoms with Crippen LogP contribution in [0.3, 0.4) is 0 Å². The van der Waals surface area contributed by atoms with Crippen molar-refractivity contribution < 1.29 is 0 Å². The van der Waals surface area contributed by atoms with E-state index in [9.17, 15) is 0 Å². The first-order valence-electron chi connectivity index (χ1n) is 5.78. The summed E-state index contributed by atoms with van der Waals surface area (Å²) in [6, 6.07) is 18.0. The Hall–Kier alpha value is -2.60. The van der Waals surface area contributed by atoms with Crippen LogP contribution in [0.4, 0.5) is 0 Å². The molecule has 0 aliphatic rings. The molecule has 0 fully saturated rings. The van der Waals surface area contributed by atoms with Gasteiger partial charge >= 0.3 is 0 Å². The number of nitriles is 1. The molecule has 86 valence electrons. The van der Waals surface area contributed by atoms with Crippen LogP contribution in [-0.2, 0) is 6.42 Å². The summed E-state index contributed by atoms with van der Waals surface area (Å²) in [6.45, 7) is 0. The zero-order chi connectivity index (χ0) is 12.4. The first kappa shape index (κ1) is 10.5. The molecule has 0 bridgehead atoms. The van der Waals surface area contributed by atoms with Crippen LogP contribution in [0.25, 0.3) is 22.4 Å². The third-order valence-corrected chi connectivity index (χ3v) is 2.87. The molecule has 3 rings (SSSR count). The average molecular weight is 233 g/mol. The minimum atomic E-state index is 0.425. The molecule has 1 N–H and O–H groups in total. The molecule has 0 saturated carbocycles. The summed E-state index contributed by atoms with van der Waals surface area (Å²) >= 11 is 0. The fourth-order valence-electron chi connectivity index (χ4n) is 2.01.